The molecule has 1 heterocycles. The Balaban J connectivity index is 2.03. The van der Waals surface area contributed by atoms with Gasteiger partial charge in [0.05, 0.1) is 30.4 Å². The Morgan fingerprint density at radius 2 is 1.91 bits per heavy atom. The van der Waals surface area contributed by atoms with E-state index in [1.165, 1.54) is 30.2 Å². The first kappa shape index (κ1) is 24.2. The fraction of sp³-hybridized carbons (Fsp3) is 0.542. The molecule has 0 saturated carbocycles. The van der Waals surface area contributed by atoms with Gasteiger partial charge in [-0.1, -0.05) is 23.4 Å². The molecule has 1 atom stereocenters. The highest BCUT2D eigenvalue weighted by Crippen LogP contribution is 2.32. The van der Waals surface area contributed by atoms with E-state index in [0.717, 1.165) is 19.3 Å². The van der Waals surface area contributed by atoms with Gasteiger partial charge in [0.15, 0.2) is 16.7 Å². The van der Waals surface area contributed by atoms with Gasteiger partial charge in [-0.3, -0.25) is 14.2 Å². The lowest BCUT2D eigenvalue weighted by atomic mass is 9.97. The van der Waals surface area contributed by atoms with Crippen LogP contribution in [0.25, 0.3) is 10.9 Å². The summed E-state index contributed by atoms with van der Waals surface area (Å²) in [5.41, 5.74) is 1.78. The molecule has 32 heavy (non-hydrogen) atoms. The SMILES string of the molecule is COc1cc2nc(SC(C)C(=O)NC(C)C)n(CCC3=CCCCC3)c(=O)c2cc1OC. The second-order valence-electron chi connectivity index (χ2n) is 8.36. The zero-order valence-electron chi connectivity index (χ0n) is 19.6. The molecule has 1 aromatic heterocycles. The van der Waals surface area contributed by atoms with Crippen LogP contribution in [0.5, 0.6) is 11.5 Å². The van der Waals surface area contributed by atoms with Gasteiger partial charge in [-0.05, 0) is 58.9 Å². The van der Waals surface area contributed by atoms with Crippen molar-refractivity contribution < 1.29 is 14.3 Å². The number of amides is 1. The summed E-state index contributed by atoms with van der Waals surface area (Å²) in [4.78, 5) is 30.8. The van der Waals surface area contributed by atoms with E-state index >= 15 is 0 Å². The monoisotopic (exact) mass is 459 g/mol. The van der Waals surface area contributed by atoms with Crippen molar-refractivity contribution in [1.29, 1.82) is 0 Å². The van der Waals surface area contributed by atoms with Crippen LogP contribution in [-0.4, -0.2) is 41.0 Å². The highest BCUT2D eigenvalue weighted by atomic mass is 32.2. The molecule has 8 heteroatoms. The van der Waals surface area contributed by atoms with Crippen molar-refractivity contribution in [3.8, 4) is 11.5 Å². The van der Waals surface area contributed by atoms with Crippen LogP contribution in [0.4, 0.5) is 0 Å². The zero-order chi connectivity index (χ0) is 23.3. The smallest absolute Gasteiger partial charge is 0.262 e. The number of thioether (sulfide) groups is 1. The highest BCUT2D eigenvalue weighted by Gasteiger charge is 2.21. The van der Waals surface area contributed by atoms with E-state index in [1.54, 1.807) is 30.9 Å². The van der Waals surface area contributed by atoms with E-state index < -0.39 is 0 Å². The van der Waals surface area contributed by atoms with Crippen molar-refractivity contribution in [3.63, 3.8) is 0 Å². The van der Waals surface area contributed by atoms with Crippen LogP contribution < -0.4 is 20.3 Å². The molecule has 1 aromatic carbocycles. The second-order valence-corrected chi connectivity index (χ2v) is 9.66. The van der Waals surface area contributed by atoms with Crippen molar-refractivity contribution in [3.05, 3.63) is 34.1 Å². The summed E-state index contributed by atoms with van der Waals surface area (Å²) in [7, 11) is 3.10. The molecule has 0 bridgehead atoms. The van der Waals surface area contributed by atoms with E-state index in [0.29, 0.717) is 34.1 Å². The van der Waals surface area contributed by atoms with Crippen LogP contribution in [0.15, 0.2) is 33.7 Å². The first-order valence-corrected chi connectivity index (χ1v) is 12.0. The number of nitrogens with zero attached hydrogens (tertiary/aromatic N) is 2. The van der Waals surface area contributed by atoms with Crippen molar-refractivity contribution in [2.45, 2.75) is 75.9 Å². The molecule has 174 valence electrons. The minimum atomic E-state index is -0.387. The Hall–Kier alpha value is -2.48. The van der Waals surface area contributed by atoms with Gasteiger partial charge in [0.25, 0.3) is 5.56 Å². The van der Waals surface area contributed by atoms with Crippen molar-refractivity contribution in [2.75, 3.05) is 14.2 Å². The van der Waals surface area contributed by atoms with Crippen molar-refractivity contribution in [1.82, 2.24) is 14.9 Å². The predicted octanol–water partition coefficient (Wildman–Crippen LogP) is 4.31. The molecule has 3 rings (SSSR count). The minimum absolute atomic E-state index is 0.0484. The number of hydrogen-bond acceptors (Lipinski definition) is 6. The lowest BCUT2D eigenvalue weighted by Gasteiger charge is -2.19. The number of benzene rings is 1. The highest BCUT2D eigenvalue weighted by molar-refractivity contribution is 8.00. The molecule has 1 aliphatic carbocycles. The largest absolute Gasteiger partial charge is 0.493 e. The van der Waals surface area contributed by atoms with Gasteiger partial charge in [-0.25, -0.2) is 4.98 Å². The molecule has 0 radical (unpaired) electrons. The maximum absolute atomic E-state index is 13.5. The summed E-state index contributed by atoms with van der Waals surface area (Å²) in [5.74, 6) is 0.928. The number of fused-ring (bicyclic) bond motifs is 1. The third kappa shape index (κ3) is 5.65. The first-order valence-electron chi connectivity index (χ1n) is 11.2. The molecule has 2 aromatic rings. The predicted molar refractivity (Wildman–Crippen MR) is 129 cm³/mol. The van der Waals surface area contributed by atoms with Gasteiger partial charge in [-0.2, -0.15) is 0 Å². The molecule has 1 aliphatic rings. The van der Waals surface area contributed by atoms with E-state index in [2.05, 4.69) is 11.4 Å². The molecule has 0 saturated heterocycles. The number of ether oxygens (including phenoxy) is 2. The minimum Gasteiger partial charge on any atom is -0.493 e. The maximum Gasteiger partial charge on any atom is 0.262 e. The Labute approximate surface area is 193 Å². The quantitative estimate of drug-likeness (QED) is 0.342. The molecular formula is C24H33N3O4S. The number of nitrogens with one attached hydrogen (secondary N) is 1. The van der Waals surface area contributed by atoms with E-state index in [1.807, 2.05) is 20.8 Å². The number of hydrogen-bond donors (Lipinski definition) is 1. The number of rotatable bonds is 9. The number of carbonyl (C=O) groups excluding carboxylic acids is 1. The number of carbonyl (C=O) groups is 1. The maximum atomic E-state index is 13.5. The summed E-state index contributed by atoms with van der Waals surface area (Å²) in [6.45, 7) is 6.22. The number of aromatic nitrogens is 2. The summed E-state index contributed by atoms with van der Waals surface area (Å²) < 4.78 is 12.5. The molecule has 1 amide bonds. The normalized spacial score (nSPS) is 14.9. The average Bonchev–Trinajstić information content (AvgIpc) is 2.78. The third-order valence-corrected chi connectivity index (χ3v) is 6.64. The molecule has 1 N–H and O–H groups in total. The van der Waals surface area contributed by atoms with Crippen LogP contribution in [0.1, 0.15) is 52.9 Å². The Kier molecular flexibility index (Phi) is 8.23. The molecule has 7 nitrogen and oxygen atoms in total. The average molecular weight is 460 g/mol. The summed E-state index contributed by atoms with van der Waals surface area (Å²) in [6, 6.07) is 3.45. The number of allylic oxidation sites excluding steroid dienone is 2. The first-order chi connectivity index (χ1) is 15.3. The fourth-order valence-electron chi connectivity index (χ4n) is 3.82. The molecule has 0 aliphatic heterocycles. The molecule has 1 unspecified atom stereocenters. The summed E-state index contributed by atoms with van der Waals surface area (Å²) in [5, 5.41) is 3.56. The Morgan fingerprint density at radius 3 is 2.53 bits per heavy atom. The number of methoxy groups -OCH3 is 2. The van der Waals surface area contributed by atoms with Crippen LogP contribution in [0.3, 0.4) is 0 Å². The van der Waals surface area contributed by atoms with Gasteiger partial charge in [-0.15, -0.1) is 0 Å². The van der Waals surface area contributed by atoms with E-state index in [9.17, 15) is 9.59 Å². The van der Waals surface area contributed by atoms with E-state index in [4.69, 9.17) is 14.5 Å². The lowest BCUT2D eigenvalue weighted by molar-refractivity contribution is -0.120. The van der Waals surface area contributed by atoms with Crippen molar-refractivity contribution in [2.24, 2.45) is 0 Å². The molecule has 0 spiro atoms. The van der Waals surface area contributed by atoms with Gasteiger partial charge >= 0.3 is 0 Å². The van der Waals surface area contributed by atoms with Crippen LogP contribution in [0.2, 0.25) is 0 Å². The van der Waals surface area contributed by atoms with Crippen LogP contribution >= 0.6 is 11.8 Å². The van der Waals surface area contributed by atoms with Crippen LogP contribution in [-0.2, 0) is 11.3 Å². The van der Waals surface area contributed by atoms with E-state index in [-0.39, 0.29) is 22.8 Å². The Bertz CT molecular complexity index is 1060. The fourth-order valence-corrected chi connectivity index (χ4v) is 4.76. The molecule has 0 fully saturated rings. The van der Waals surface area contributed by atoms with Gasteiger partial charge < -0.3 is 14.8 Å². The molecular weight excluding hydrogens is 426 g/mol. The van der Waals surface area contributed by atoms with Crippen molar-refractivity contribution >= 4 is 28.6 Å². The van der Waals surface area contributed by atoms with Gasteiger partial charge in [0.2, 0.25) is 5.91 Å². The third-order valence-electron chi connectivity index (χ3n) is 5.55. The lowest BCUT2D eigenvalue weighted by Crippen LogP contribution is -2.36. The standard InChI is InChI=1S/C24H33N3O4S/c1-15(2)25-22(28)16(3)32-24-26-19-14-21(31-5)20(30-4)13-18(19)23(29)27(24)12-11-17-9-7-6-8-10-17/h9,13-16H,6-8,10-12H2,1-5H3,(H,25,28). The second kappa shape index (κ2) is 10.9. The van der Waals surface area contributed by atoms with Gasteiger partial charge in [0.1, 0.15) is 0 Å². The van der Waals surface area contributed by atoms with Crippen LogP contribution in [0, 0.1) is 0 Å². The topological polar surface area (TPSA) is 82.5 Å². The Morgan fingerprint density at radius 1 is 1.19 bits per heavy atom. The zero-order valence-corrected chi connectivity index (χ0v) is 20.4. The van der Waals surface area contributed by atoms with Gasteiger partial charge in [0, 0.05) is 18.7 Å². The summed E-state index contributed by atoms with van der Waals surface area (Å²) >= 11 is 1.31. The summed E-state index contributed by atoms with van der Waals surface area (Å²) in [6.07, 6.45) is 7.71.